The van der Waals surface area contributed by atoms with E-state index in [0.29, 0.717) is 10.8 Å². The van der Waals surface area contributed by atoms with Crippen LogP contribution in [0.5, 0.6) is 0 Å². The molecule has 2 aromatic rings. The van der Waals surface area contributed by atoms with Gasteiger partial charge in [0.25, 0.3) is 0 Å². The Kier molecular flexibility index (Phi) is 2.74. The summed E-state index contributed by atoms with van der Waals surface area (Å²) in [6.07, 6.45) is 1.60. The topological polar surface area (TPSA) is 44.9 Å². The molecule has 2 rings (SSSR count). The Bertz CT molecular complexity index is 504. The van der Waals surface area contributed by atoms with Crippen molar-refractivity contribution in [3.05, 3.63) is 57.8 Å². The van der Waals surface area contributed by atoms with Crippen LogP contribution in [0.2, 0.25) is 5.02 Å². The first-order valence-corrected chi connectivity index (χ1v) is 4.83. The van der Waals surface area contributed by atoms with Gasteiger partial charge in [0.05, 0.1) is 0 Å². The van der Waals surface area contributed by atoms with Crippen LogP contribution >= 0.6 is 11.6 Å². The summed E-state index contributed by atoms with van der Waals surface area (Å²) < 4.78 is 0. The minimum Gasteiger partial charge on any atom is -0.348 e. The Hall–Kier alpha value is -1.74. The van der Waals surface area contributed by atoms with Crippen molar-refractivity contribution in [2.24, 2.45) is 0 Å². The van der Waals surface area contributed by atoms with Crippen LogP contribution in [0.15, 0.2) is 47.4 Å². The van der Waals surface area contributed by atoms with E-state index in [2.05, 4.69) is 10.3 Å². The first-order chi connectivity index (χ1) is 7.24. The van der Waals surface area contributed by atoms with Crippen molar-refractivity contribution in [1.82, 2.24) is 4.98 Å². The summed E-state index contributed by atoms with van der Waals surface area (Å²) in [6.45, 7) is 0. The van der Waals surface area contributed by atoms with Crippen molar-refractivity contribution in [3.63, 3.8) is 0 Å². The molecule has 2 N–H and O–H groups in total. The Morgan fingerprint density at radius 2 is 1.87 bits per heavy atom. The van der Waals surface area contributed by atoms with Gasteiger partial charge in [-0.2, -0.15) is 0 Å². The second kappa shape index (κ2) is 4.19. The number of hydrogen-bond acceptors (Lipinski definition) is 2. The molecule has 1 aromatic heterocycles. The van der Waals surface area contributed by atoms with Gasteiger partial charge in [0.15, 0.2) is 5.43 Å². The zero-order chi connectivity index (χ0) is 10.7. The highest BCUT2D eigenvalue weighted by atomic mass is 35.5. The van der Waals surface area contributed by atoms with Crippen LogP contribution in [0, 0.1) is 0 Å². The third kappa shape index (κ3) is 2.60. The van der Waals surface area contributed by atoms with Gasteiger partial charge in [-0.15, -0.1) is 0 Å². The van der Waals surface area contributed by atoms with Crippen molar-refractivity contribution >= 4 is 23.1 Å². The summed E-state index contributed by atoms with van der Waals surface area (Å²) in [5.74, 6) is 0.657. The standard InChI is InChI=1S/C11H9ClN2O/c12-8-1-3-9(4-2-8)14-11-7-10(15)5-6-13-11/h1-7H,(H2,13,14,15). The maximum absolute atomic E-state index is 11.1. The molecule has 1 heterocycles. The Morgan fingerprint density at radius 1 is 1.13 bits per heavy atom. The fourth-order valence-electron chi connectivity index (χ4n) is 1.21. The molecule has 0 saturated heterocycles. The molecule has 4 heteroatoms. The van der Waals surface area contributed by atoms with E-state index < -0.39 is 0 Å². The van der Waals surface area contributed by atoms with E-state index in [4.69, 9.17) is 11.6 Å². The fraction of sp³-hybridized carbons (Fsp3) is 0. The average molecular weight is 221 g/mol. The second-order valence-electron chi connectivity index (χ2n) is 3.07. The third-order valence-electron chi connectivity index (χ3n) is 1.90. The average Bonchev–Trinajstić information content (AvgIpc) is 2.22. The number of hydrogen-bond donors (Lipinski definition) is 2. The predicted molar refractivity (Wildman–Crippen MR) is 61.8 cm³/mol. The highest BCUT2D eigenvalue weighted by Gasteiger charge is 1.94. The van der Waals surface area contributed by atoms with Crippen LogP contribution in [0.1, 0.15) is 0 Å². The molecule has 0 amide bonds. The van der Waals surface area contributed by atoms with Gasteiger partial charge in [0.1, 0.15) is 5.82 Å². The molecular formula is C11H9ClN2O. The number of H-pyrrole nitrogens is 1. The first kappa shape index (κ1) is 9.80. The predicted octanol–water partition coefficient (Wildman–Crippen LogP) is 2.77. The van der Waals surface area contributed by atoms with Gasteiger partial charge in [-0.1, -0.05) is 11.6 Å². The first-order valence-electron chi connectivity index (χ1n) is 4.45. The van der Waals surface area contributed by atoms with E-state index >= 15 is 0 Å². The second-order valence-corrected chi connectivity index (χ2v) is 3.51. The summed E-state index contributed by atoms with van der Waals surface area (Å²) in [5.41, 5.74) is 0.839. The van der Waals surface area contributed by atoms with Gasteiger partial charge in [-0.3, -0.25) is 4.79 Å². The largest absolute Gasteiger partial charge is 0.348 e. The van der Waals surface area contributed by atoms with E-state index in [0.717, 1.165) is 5.69 Å². The van der Waals surface area contributed by atoms with E-state index in [1.807, 2.05) is 12.1 Å². The van der Waals surface area contributed by atoms with Crippen LogP contribution in [-0.4, -0.2) is 4.98 Å². The summed E-state index contributed by atoms with van der Waals surface area (Å²) >= 11 is 5.75. The van der Waals surface area contributed by atoms with Gasteiger partial charge in [0.2, 0.25) is 0 Å². The van der Waals surface area contributed by atoms with Gasteiger partial charge in [0, 0.05) is 29.0 Å². The van der Waals surface area contributed by atoms with Crippen molar-refractivity contribution in [2.45, 2.75) is 0 Å². The number of halogens is 1. The van der Waals surface area contributed by atoms with Crippen molar-refractivity contribution in [2.75, 3.05) is 5.32 Å². The molecular weight excluding hydrogens is 212 g/mol. The minimum atomic E-state index is -0.0368. The number of pyridine rings is 1. The lowest BCUT2D eigenvalue weighted by atomic mass is 10.3. The third-order valence-corrected chi connectivity index (χ3v) is 2.15. The number of rotatable bonds is 2. The van der Waals surface area contributed by atoms with Crippen LogP contribution in [-0.2, 0) is 0 Å². The summed E-state index contributed by atoms with van der Waals surface area (Å²) in [4.78, 5) is 14.0. The van der Waals surface area contributed by atoms with Gasteiger partial charge in [-0.25, -0.2) is 0 Å². The molecule has 0 aliphatic heterocycles. The summed E-state index contributed by atoms with van der Waals surface area (Å²) in [7, 11) is 0. The maximum atomic E-state index is 11.1. The van der Waals surface area contributed by atoms with Gasteiger partial charge < -0.3 is 10.3 Å². The van der Waals surface area contributed by atoms with Crippen molar-refractivity contribution in [1.29, 1.82) is 0 Å². The van der Waals surface area contributed by atoms with Crippen molar-refractivity contribution in [3.8, 4) is 0 Å². The van der Waals surface area contributed by atoms with E-state index in [1.54, 1.807) is 18.3 Å². The lowest BCUT2D eigenvalue weighted by Crippen LogP contribution is -2.01. The van der Waals surface area contributed by atoms with E-state index in [9.17, 15) is 4.79 Å². The molecule has 0 spiro atoms. The fourth-order valence-corrected chi connectivity index (χ4v) is 1.33. The molecule has 0 radical (unpaired) electrons. The van der Waals surface area contributed by atoms with Gasteiger partial charge in [-0.05, 0) is 24.3 Å². The monoisotopic (exact) mass is 220 g/mol. The normalized spacial score (nSPS) is 9.93. The minimum absolute atomic E-state index is 0.0368. The smallest absolute Gasteiger partial charge is 0.183 e. The summed E-state index contributed by atoms with van der Waals surface area (Å²) in [5, 5.41) is 3.74. The lowest BCUT2D eigenvalue weighted by molar-refractivity contribution is 1.29. The van der Waals surface area contributed by atoms with Crippen LogP contribution in [0.25, 0.3) is 0 Å². The Balaban J connectivity index is 2.22. The highest BCUT2D eigenvalue weighted by molar-refractivity contribution is 6.30. The van der Waals surface area contributed by atoms with Crippen LogP contribution in [0.4, 0.5) is 11.5 Å². The number of aromatic amines is 1. The zero-order valence-electron chi connectivity index (χ0n) is 7.83. The van der Waals surface area contributed by atoms with Crippen LogP contribution < -0.4 is 10.7 Å². The van der Waals surface area contributed by atoms with Gasteiger partial charge >= 0.3 is 0 Å². The maximum Gasteiger partial charge on any atom is 0.183 e. The number of anilines is 2. The summed E-state index contributed by atoms with van der Waals surface area (Å²) in [6, 6.07) is 10.2. The molecule has 0 atom stereocenters. The molecule has 0 aliphatic rings. The number of nitrogens with one attached hydrogen (secondary N) is 2. The molecule has 0 saturated carbocycles. The molecule has 76 valence electrons. The molecule has 0 unspecified atom stereocenters. The molecule has 1 aromatic carbocycles. The Morgan fingerprint density at radius 3 is 2.53 bits per heavy atom. The van der Waals surface area contributed by atoms with Crippen LogP contribution in [0.3, 0.4) is 0 Å². The lowest BCUT2D eigenvalue weighted by Gasteiger charge is -2.05. The molecule has 0 bridgehead atoms. The number of aromatic nitrogens is 1. The molecule has 3 nitrogen and oxygen atoms in total. The SMILES string of the molecule is O=c1cc[nH]c(Nc2ccc(Cl)cc2)c1. The quantitative estimate of drug-likeness (QED) is 0.818. The zero-order valence-corrected chi connectivity index (χ0v) is 8.58. The van der Waals surface area contributed by atoms with E-state index in [1.165, 1.54) is 12.1 Å². The molecule has 0 aliphatic carbocycles. The van der Waals surface area contributed by atoms with E-state index in [-0.39, 0.29) is 5.43 Å². The highest BCUT2D eigenvalue weighted by Crippen LogP contribution is 2.16. The Labute approximate surface area is 91.7 Å². The number of benzene rings is 1. The molecule has 15 heavy (non-hydrogen) atoms. The van der Waals surface area contributed by atoms with Crippen molar-refractivity contribution < 1.29 is 0 Å². The molecule has 0 fully saturated rings.